The van der Waals surface area contributed by atoms with Gasteiger partial charge < -0.3 is 5.32 Å². The molecule has 2 atom stereocenters. The lowest BCUT2D eigenvalue weighted by Crippen LogP contribution is -2.52. The molecule has 0 aromatic rings. The Hall–Kier alpha value is -0.0800. The predicted molar refractivity (Wildman–Crippen MR) is 71.8 cm³/mol. The van der Waals surface area contributed by atoms with Gasteiger partial charge in [0.2, 0.25) is 0 Å². The fourth-order valence-corrected chi connectivity index (χ4v) is 2.42. The van der Waals surface area contributed by atoms with Gasteiger partial charge in [0, 0.05) is 18.6 Å². The monoisotopic (exact) mass is 226 g/mol. The average Bonchev–Trinajstić information content (AvgIpc) is 2.24. The lowest BCUT2D eigenvalue weighted by Gasteiger charge is -2.42. The number of rotatable bonds is 4. The van der Waals surface area contributed by atoms with Crippen LogP contribution in [0.4, 0.5) is 0 Å². The first-order valence-electron chi connectivity index (χ1n) is 6.92. The van der Waals surface area contributed by atoms with Crippen molar-refractivity contribution in [1.29, 1.82) is 0 Å². The Balaban J connectivity index is 2.43. The van der Waals surface area contributed by atoms with Crippen molar-refractivity contribution in [2.75, 3.05) is 19.6 Å². The number of likely N-dealkylation sites (tertiary alicyclic amines) is 1. The molecule has 0 bridgehead atoms. The molecule has 0 amide bonds. The molecule has 1 aliphatic heterocycles. The Morgan fingerprint density at radius 1 is 1.38 bits per heavy atom. The molecule has 96 valence electrons. The van der Waals surface area contributed by atoms with Crippen LogP contribution in [-0.2, 0) is 0 Å². The number of nitrogens with one attached hydrogen (secondary N) is 1. The summed E-state index contributed by atoms with van der Waals surface area (Å²) in [5, 5.41) is 3.67. The van der Waals surface area contributed by atoms with E-state index in [0.717, 1.165) is 6.04 Å². The number of piperidine rings is 1. The Labute approximate surface area is 102 Å². The summed E-state index contributed by atoms with van der Waals surface area (Å²) in [5.74, 6) is 0. The van der Waals surface area contributed by atoms with Crippen LogP contribution in [0.3, 0.4) is 0 Å². The fourth-order valence-electron chi connectivity index (χ4n) is 2.42. The van der Waals surface area contributed by atoms with Crippen molar-refractivity contribution in [2.24, 2.45) is 5.41 Å². The summed E-state index contributed by atoms with van der Waals surface area (Å²) < 4.78 is 0. The van der Waals surface area contributed by atoms with Gasteiger partial charge in [-0.15, -0.1) is 0 Å². The summed E-state index contributed by atoms with van der Waals surface area (Å²) in [6, 6.07) is 1.40. The van der Waals surface area contributed by atoms with Crippen molar-refractivity contribution >= 4 is 0 Å². The maximum absolute atomic E-state index is 3.67. The fraction of sp³-hybridized carbons (Fsp3) is 1.00. The summed E-state index contributed by atoms with van der Waals surface area (Å²) in [6.45, 7) is 15.3. The van der Waals surface area contributed by atoms with Crippen molar-refractivity contribution in [3.05, 3.63) is 0 Å². The highest BCUT2D eigenvalue weighted by Crippen LogP contribution is 2.26. The maximum Gasteiger partial charge on any atom is 0.0195 e. The van der Waals surface area contributed by atoms with Crippen LogP contribution >= 0.6 is 0 Å². The molecule has 16 heavy (non-hydrogen) atoms. The van der Waals surface area contributed by atoms with E-state index < -0.39 is 0 Å². The van der Waals surface area contributed by atoms with E-state index in [9.17, 15) is 0 Å². The lowest BCUT2D eigenvalue weighted by atomic mass is 9.85. The highest BCUT2D eigenvalue weighted by Gasteiger charge is 2.29. The van der Waals surface area contributed by atoms with Crippen LogP contribution < -0.4 is 5.32 Å². The van der Waals surface area contributed by atoms with Gasteiger partial charge in [0.15, 0.2) is 0 Å². The molecule has 0 spiro atoms. The van der Waals surface area contributed by atoms with Crippen LogP contribution in [0.5, 0.6) is 0 Å². The van der Waals surface area contributed by atoms with Crippen molar-refractivity contribution < 1.29 is 0 Å². The van der Waals surface area contributed by atoms with Gasteiger partial charge in [-0.05, 0) is 44.7 Å². The van der Waals surface area contributed by atoms with E-state index >= 15 is 0 Å². The highest BCUT2D eigenvalue weighted by atomic mass is 15.2. The van der Waals surface area contributed by atoms with E-state index in [1.807, 2.05) is 0 Å². The molecule has 2 heteroatoms. The van der Waals surface area contributed by atoms with Gasteiger partial charge in [-0.3, -0.25) is 4.90 Å². The largest absolute Gasteiger partial charge is 0.313 e. The van der Waals surface area contributed by atoms with Crippen molar-refractivity contribution in [2.45, 2.75) is 66.0 Å². The Morgan fingerprint density at radius 3 is 2.62 bits per heavy atom. The Kier molecular flexibility index (Phi) is 5.26. The molecule has 1 heterocycles. The molecule has 1 N–H and O–H groups in total. The van der Waals surface area contributed by atoms with E-state index in [4.69, 9.17) is 0 Å². The third-order valence-electron chi connectivity index (χ3n) is 3.94. The zero-order valence-electron chi connectivity index (χ0n) is 11.8. The second-order valence-corrected chi connectivity index (χ2v) is 6.33. The van der Waals surface area contributed by atoms with E-state index in [0.29, 0.717) is 11.5 Å². The predicted octanol–water partition coefficient (Wildman–Crippen LogP) is 2.89. The molecule has 0 aliphatic carbocycles. The van der Waals surface area contributed by atoms with Crippen LogP contribution in [0.15, 0.2) is 0 Å². The Morgan fingerprint density at radius 2 is 2.06 bits per heavy atom. The molecular weight excluding hydrogens is 196 g/mol. The first-order valence-corrected chi connectivity index (χ1v) is 6.92. The van der Waals surface area contributed by atoms with Gasteiger partial charge in [-0.25, -0.2) is 0 Å². The van der Waals surface area contributed by atoms with Gasteiger partial charge in [0.1, 0.15) is 0 Å². The molecule has 2 unspecified atom stereocenters. The van der Waals surface area contributed by atoms with Gasteiger partial charge >= 0.3 is 0 Å². The van der Waals surface area contributed by atoms with Crippen molar-refractivity contribution in [1.82, 2.24) is 10.2 Å². The SMILES string of the molecule is CCCNC1CCCN(C(C)C(C)(C)C)C1. The molecule has 2 nitrogen and oxygen atoms in total. The number of nitrogens with zero attached hydrogens (tertiary/aromatic N) is 1. The van der Waals surface area contributed by atoms with Crippen LogP contribution in [0.25, 0.3) is 0 Å². The van der Waals surface area contributed by atoms with Crippen molar-refractivity contribution in [3.63, 3.8) is 0 Å². The zero-order valence-corrected chi connectivity index (χ0v) is 11.8. The first-order chi connectivity index (χ1) is 7.45. The van der Waals surface area contributed by atoms with Crippen LogP contribution in [0, 0.1) is 5.41 Å². The van der Waals surface area contributed by atoms with Gasteiger partial charge in [0.05, 0.1) is 0 Å². The van der Waals surface area contributed by atoms with Crippen LogP contribution in [0.2, 0.25) is 0 Å². The van der Waals surface area contributed by atoms with E-state index in [2.05, 4.69) is 44.8 Å². The minimum atomic E-state index is 0.395. The minimum absolute atomic E-state index is 0.395. The molecule has 0 saturated carbocycles. The molecule has 0 aromatic heterocycles. The summed E-state index contributed by atoms with van der Waals surface area (Å²) in [6.07, 6.45) is 3.94. The second-order valence-electron chi connectivity index (χ2n) is 6.33. The third kappa shape index (κ3) is 4.06. The number of hydrogen-bond acceptors (Lipinski definition) is 2. The number of hydrogen-bond donors (Lipinski definition) is 1. The topological polar surface area (TPSA) is 15.3 Å². The summed E-state index contributed by atoms with van der Waals surface area (Å²) in [5.41, 5.74) is 0.395. The second kappa shape index (κ2) is 6.02. The quantitative estimate of drug-likeness (QED) is 0.793. The standard InChI is InChI=1S/C14H30N2/c1-6-9-15-13-8-7-10-16(11-13)12(2)14(3,4)5/h12-13,15H,6-11H2,1-5H3. The zero-order chi connectivity index (χ0) is 12.2. The van der Waals surface area contributed by atoms with Gasteiger partial charge in [-0.2, -0.15) is 0 Å². The van der Waals surface area contributed by atoms with Gasteiger partial charge in [0.25, 0.3) is 0 Å². The molecule has 1 fully saturated rings. The lowest BCUT2D eigenvalue weighted by molar-refractivity contribution is 0.0778. The Bertz CT molecular complexity index is 195. The molecule has 1 saturated heterocycles. The van der Waals surface area contributed by atoms with Crippen LogP contribution in [-0.4, -0.2) is 36.6 Å². The average molecular weight is 226 g/mol. The molecular formula is C14H30N2. The van der Waals surface area contributed by atoms with Crippen LogP contribution in [0.1, 0.15) is 53.9 Å². The maximum atomic E-state index is 3.67. The van der Waals surface area contributed by atoms with E-state index in [1.165, 1.54) is 38.9 Å². The van der Waals surface area contributed by atoms with Gasteiger partial charge in [-0.1, -0.05) is 27.7 Å². The van der Waals surface area contributed by atoms with Crippen molar-refractivity contribution in [3.8, 4) is 0 Å². The highest BCUT2D eigenvalue weighted by molar-refractivity contribution is 4.86. The molecule has 0 aromatic carbocycles. The normalized spacial score (nSPS) is 25.7. The molecule has 1 rings (SSSR count). The smallest absolute Gasteiger partial charge is 0.0195 e. The summed E-state index contributed by atoms with van der Waals surface area (Å²) in [4.78, 5) is 2.66. The summed E-state index contributed by atoms with van der Waals surface area (Å²) >= 11 is 0. The molecule has 0 radical (unpaired) electrons. The first kappa shape index (κ1) is 14.0. The minimum Gasteiger partial charge on any atom is -0.313 e. The molecule has 1 aliphatic rings. The summed E-state index contributed by atoms with van der Waals surface area (Å²) in [7, 11) is 0. The van der Waals surface area contributed by atoms with E-state index in [1.54, 1.807) is 0 Å². The van der Waals surface area contributed by atoms with E-state index in [-0.39, 0.29) is 0 Å². The third-order valence-corrected chi connectivity index (χ3v) is 3.94.